The maximum absolute atomic E-state index is 11.5. The summed E-state index contributed by atoms with van der Waals surface area (Å²) in [6.07, 6.45) is 1.60. The molecule has 1 atom stereocenters. The molecule has 1 rings (SSSR count). The molecule has 0 fully saturated rings. The molecular weight excluding hydrogens is 200 g/mol. The first-order valence-corrected chi connectivity index (χ1v) is 5.94. The van der Waals surface area contributed by atoms with Crippen molar-refractivity contribution in [1.29, 1.82) is 0 Å². The van der Waals surface area contributed by atoms with Gasteiger partial charge in [0, 0.05) is 12.3 Å². The van der Waals surface area contributed by atoms with Crippen LogP contribution in [-0.4, -0.2) is 12.4 Å². The Labute approximate surface area is 97.6 Å². The Morgan fingerprint density at radius 1 is 1.25 bits per heavy atom. The van der Waals surface area contributed by atoms with Gasteiger partial charge in [0.1, 0.15) is 11.5 Å². The molecule has 0 aromatic heterocycles. The van der Waals surface area contributed by atoms with Crippen LogP contribution < -0.4 is 4.74 Å². The highest BCUT2D eigenvalue weighted by Crippen LogP contribution is 2.21. The van der Waals surface area contributed by atoms with E-state index in [0.29, 0.717) is 6.42 Å². The third-order valence-electron chi connectivity index (χ3n) is 2.68. The molecule has 0 aliphatic rings. The summed E-state index contributed by atoms with van der Waals surface area (Å²) >= 11 is 0. The van der Waals surface area contributed by atoms with Crippen LogP contribution in [0.3, 0.4) is 0 Å². The lowest BCUT2D eigenvalue weighted by atomic mass is 9.95. The van der Waals surface area contributed by atoms with Crippen molar-refractivity contribution in [2.75, 3.05) is 6.61 Å². The van der Waals surface area contributed by atoms with Gasteiger partial charge in [-0.3, -0.25) is 4.79 Å². The van der Waals surface area contributed by atoms with Crippen molar-refractivity contribution in [3.05, 3.63) is 29.8 Å². The second-order valence-electron chi connectivity index (χ2n) is 3.96. The predicted molar refractivity (Wildman–Crippen MR) is 65.9 cm³/mol. The number of Topliss-reactive ketones (excluding diaryl/α,β-unsaturated/α-hetero) is 1. The minimum Gasteiger partial charge on any atom is -0.494 e. The molecule has 88 valence electrons. The number of ether oxygens (including phenoxy) is 1. The minimum absolute atomic E-state index is 0.00905. The number of hydrogen-bond donors (Lipinski definition) is 0. The van der Waals surface area contributed by atoms with Gasteiger partial charge in [0.15, 0.2) is 0 Å². The van der Waals surface area contributed by atoms with E-state index in [2.05, 4.69) is 6.92 Å². The van der Waals surface area contributed by atoms with E-state index in [4.69, 9.17) is 4.74 Å². The van der Waals surface area contributed by atoms with Crippen molar-refractivity contribution in [3.8, 4) is 5.75 Å². The van der Waals surface area contributed by atoms with Crippen LogP contribution in [0, 0.1) is 0 Å². The van der Waals surface area contributed by atoms with E-state index < -0.39 is 0 Å². The van der Waals surface area contributed by atoms with Gasteiger partial charge >= 0.3 is 0 Å². The van der Waals surface area contributed by atoms with E-state index in [1.807, 2.05) is 38.1 Å². The summed E-state index contributed by atoms with van der Waals surface area (Å²) in [6.45, 7) is 6.67. The fourth-order valence-electron chi connectivity index (χ4n) is 1.56. The van der Waals surface area contributed by atoms with Gasteiger partial charge in [-0.2, -0.15) is 0 Å². The molecule has 0 spiro atoms. The number of carbonyl (C=O) groups excluding carboxylic acids is 1. The van der Waals surface area contributed by atoms with Gasteiger partial charge in [-0.15, -0.1) is 0 Å². The van der Waals surface area contributed by atoms with Gasteiger partial charge in [-0.1, -0.05) is 32.9 Å². The second kappa shape index (κ2) is 6.31. The molecule has 1 aromatic carbocycles. The smallest absolute Gasteiger partial charge is 0.139 e. The summed E-state index contributed by atoms with van der Waals surface area (Å²) < 4.78 is 5.49. The third-order valence-corrected chi connectivity index (χ3v) is 2.68. The maximum atomic E-state index is 11.5. The molecule has 0 aliphatic heterocycles. The Bertz CT molecular complexity index is 327. The van der Waals surface area contributed by atoms with E-state index in [-0.39, 0.29) is 11.7 Å². The molecule has 0 saturated heterocycles. The quantitative estimate of drug-likeness (QED) is 0.732. The van der Waals surface area contributed by atoms with Crippen molar-refractivity contribution in [2.45, 2.75) is 39.5 Å². The van der Waals surface area contributed by atoms with Crippen LogP contribution in [0.4, 0.5) is 0 Å². The van der Waals surface area contributed by atoms with Crippen molar-refractivity contribution in [3.63, 3.8) is 0 Å². The Hall–Kier alpha value is -1.31. The molecule has 0 heterocycles. The highest BCUT2D eigenvalue weighted by molar-refractivity contribution is 5.85. The molecule has 0 radical (unpaired) electrons. The summed E-state index contributed by atoms with van der Waals surface area (Å²) in [4.78, 5) is 11.5. The van der Waals surface area contributed by atoms with Crippen LogP contribution >= 0.6 is 0 Å². The molecule has 1 aromatic rings. The van der Waals surface area contributed by atoms with Crippen molar-refractivity contribution in [2.24, 2.45) is 0 Å². The van der Waals surface area contributed by atoms with Crippen LogP contribution in [0.5, 0.6) is 5.75 Å². The standard InChI is InChI=1S/C14H20O2/c1-4-10-16-13-8-6-12(7-9-13)11(3)14(15)5-2/h6-9,11H,4-5,10H2,1-3H3. The normalized spacial score (nSPS) is 12.2. The lowest BCUT2D eigenvalue weighted by Crippen LogP contribution is -2.07. The van der Waals surface area contributed by atoms with Crippen molar-refractivity contribution in [1.82, 2.24) is 0 Å². The van der Waals surface area contributed by atoms with E-state index >= 15 is 0 Å². The van der Waals surface area contributed by atoms with E-state index in [1.54, 1.807) is 0 Å². The molecule has 0 N–H and O–H groups in total. The summed E-state index contributed by atoms with van der Waals surface area (Å²) in [5.41, 5.74) is 1.07. The first-order chi connectivity index (χ1) is 7.69. The molecule has 0 bridgehead atoms. The van der Waals surface area contributed by atoms with Crippen LogP contribution in [0.2, 0.25) is 0 Å². The van der Waals surface area contributed by atoms with Gasteiger partial charge in [0.25, 0.3) is 0 Å². The Morgan fingerprint density at radius 3 is 2.38 bits per heavy atom. The van der Waals surface area contributed by atoms with Gasteiger partial charge in [-0.25, -0.2) is 0 Å². The highest BCUT2D eigenvalue weighted by Gasteiger charge is 2.12. The lowest BCUT2D eigenvalue weighted by molar-refractivity contribution is -0.119. The van der Waals surface area contributed by atoms with Gasteiger partial charge in [0.05, 0.1) is 6.61 Å². The highest BCUT2D eigenvalue weighted by atomic mass is 16.5. The number of carbonyl (C=O) groups is 1. The van der Waals surface area contributed by atoms with Crippen LogP contribution in [-0.2, 0) is 4.79 Å². The maximum Gasteiger partial charge on any atom is 0.139 e. The fraction of sp³-hybridized carbons (Fsp3) is 0.500. The zero-order valence-corrected chi connectivity index (χ0v) is 10.3. The topological polar surface area (TPSA) is 26.3 Å². The second-order valence-corrected chi connectivity index (χ2v) is 3.96. The van der Waals surface area contributed by atoms with Gasteiger partial charge in [-0.05, 0) is 24.1 Å². The van der Waals surface area contributed by atoms with Gasteiger partial charge < -0.3 is 4.74 Å². The molecule has 1 unspecified atom stereocenters. The summed E-state index contributed by atoms with van der Waals surface area (Å²) in [7, 11) is 0. The summed E-state index contributed by atoms with van der Waals surface area (Å²) in [6, 6.07) is 7.82. The Balaban J connectivity index is 2.67. The monoisotopic (exact) mass is 220 g/mol. The van der Waals surface area contributed by atoms with Gasteiger partial charge in [0.2, 0.25) is 0 Å². The average Bonchev–Trinajstić information content (AvgIpc) is 2.35. The Kier molecular flexibility index (Phi) is 5.03. The van der Waals surface area contributed by atoms with Crippen molar-refractivity contribution >= 4 is 5.78 Å². The summed E-state index contributed by atoms with van der Waals surface area (Å²) in [5.74, 6) is 1.15. The van der Waals surface area contributed by atoms with Crippen LogP contribution in [0.1, 0.15) is 45.1 Å². The lowest BCUT2D eigenvalue weighted by Gasteiger charge is -2.10. The van der Waals surface area contributed by atoms with E-state index in [9.17, 15) is 4.79 Å². The molecule has 0 aliphatic carbocycles. The average molecular weight is 220 g/mol. The SMILES string of the molecule is CCCOc1ccc(C(C)C(=O)CC)cc1. The fourth-order valence-corrected chi connectivity index (χ4v) is 1.56. The zero-order chi connectivity index (χ0) is 12.0. The van der Waals surface area contributed by atoms with Crippen LogP contribution in [0.25, 0.3) is 0 Å². The number of rotatable bonds is 6. The zero-order valence-electron chi connectivity index (χ0n) is 10.3. The molecule has 0 saturated carbocycles. The summed E-state index contributed by atoms with van der Waals surface area (Å²) in [5, 5.41) is 0. The van der Waals surface area contributed by atoms with Crippen molar-refractivity contribution < 1.29 is 9.53 Å². The van der Waals surface area contributed by atoms with Crippen LogP contribution in [0.15, 0.2) is 24.3 Å². The number of benzene rings is 1. The molecule has 2 nitrogen and oxygen atoms in total. The molecule has 0 amide bonds. The number of hydrogen-bond acceptors (Lipinski definition) is 2. The molecular formula is C14H20O2. The largest absolute Gasteiger partial charge is 0.494 e. The molecule has 16 heavy (non-hydrogen) atoms. The first kappa shape index (κ1) is 12.8. The third kappa shape index (κ3) is 3.37. The first-order valence-electron chi connectivity index (χ1n) is 5.94. The predicted octanol–water partition coefficient (Wildman–Crippen LogP) is 3.56. The van der Waals surface area contributed by atoms with E-state index in [1.165, 1.54) is 0 Å². The Morgan fingerprint density at radius 2 is 1.88 bits per heavy atom. The van der Waals surface area contributed by atoms with E-state index in [0.717, 1.165) is 24.3 Å². The molecule has 2 heteroatoms. The number of ketones is 1. The minimum atomic E-state index is -0.00905.